The van der Waals surface area contributed by atoms with Crippen LogP contribution in [-0.4, -0.2) is 5.11 Å². The average molecular weight is 224 g/mol. The molecule has 0 fully saturated rings. The minimum absolute atomic E-state index is 0.233. The molecule has 1 heteroatoms. The van der Waals surface area contributed by atoms with Crippen LogP contribution in [0.2, 0.25) is 0 Å². The number of aliphatic hydroxyl groups excluding tert-OH is 1. The topological polar surface area (TPSA) is 20.2 Å². The van der Waals surface area contributed by atoms with Gasteiger partial charge in [0.15, 0.2) is 0 Å². The van der Waals surface area contributed by atoms with Gasteiger partial charge in [0.2, 0.25) is 0 Å². The molecule has 0 spiro atoms. The Morgan fingerprint density at radius 3 is 2.88 bits per heavy atom. The molecule has 2 aliphatic rings. The molecule has 0 radical (unpaired) electrons. The van der Waals surface area contributed by atoms with E-state index in [9.17, 15) is 5.11 Å². The van der Waals surface area contributed by atoms with Crippen molar-refractivity contribution in [3.05, 3.63) is 46.5 Å². The lowest BCUT2D eigenvalue weighted by Crippen LogP contribution is -2.10. The summed E-state index contributed by atoms with van der Waals surface area (Å²) in [6.45, 7) is 0. The minimum Gasteiger partial charge on any atom is -0.388 e. The van der Waals surface area contributed by atoms with Crippen molar-refractivity contribution in [2.75, 3.05) is 0 Å². The Morgan fingerprint density at radius 1 is 1.06 bits per heavy atom. The van der Waals surface area contributed by atoms with Crippen molar-refractivity contribution >= 4 is 10.8 Å². The molecule has 1 unspecified atom stereocenters. The largest absolute Gasteiger partial charge is 0.388 e. The fraction of sp³-hybridized carbons (Fsp3) is 0.375. The highest BCUT2D eigenvalue weighted by molar-refractivity contribution is 5.94. The molecule has 86 valence electrons. The van der Waals surface area contributed by atoms with Crippen LogP contribution in [0.25, 0.3) is 10.8 Å². The van der Waals surface area contributed by atoms with E-state index in [1.165, 1.54) is 39.4 Å². The monoisotopic (exact) mass is 224 g/mol. The molecule has 4 rings (SSSR count). The van der Waals surface area contributed by atoms with Gasteiger partial charge < -0.3 is 5.11 Å². The number of fused-ring (bicyclic) bond motifs is 2. The molecule has 1 N–H and O–H groups in total. The van der Waals surface area contributed by atoms with Crippen molar-refractivity contribution in [1.29, 1.82) is 0 Å². The van der Waals surface area contributed by atoms with E-state index in [0.29, 0.717) is 0 Å². The highest BCUT2D eigenvalue weighted by Gasteiger charge is 2.24. The first kappa shape index (κ1) is 9.67. The number of hydrogen-bond donors (Lipinski definition) is 1. The van der Waals surface area contributed by atoms with Gasteiger partial charge in [0.25, 0.3) is 0 Å². The fourth-order valence-corrected chi connectivity index (χ4v) is 3.61. The summed E-state index contributed by atoms with van der Waals surface area (Å²) in [5.41, 5.74) is 5.57. The molecule has 17 heavy (non-hydrogen) atoms. The van der Waals surface area contributed by atoms with Gasteiger partial charge in [-0.25, -0.2) is 0 Å². The Morgan fingerprint density at radius 2 is 1.94 bits per heavy atom. The molecule has 1 nitrogen and oxygen atoms in total. The van der Waals surface area contributed by atoms with Crippen molar-refractivity contribution in [1.82, 2.24) is 0 Å². The van der Waals surface area contributed by atoms with Gasteiger partial charge in [0, 0.05) is 0 Å². The summed E-state index contributed by atoms with van der Waals surface area (Å²) in [6, 6.07) is 8.95. The van der Waals surface area contributed by atoms with E-state index < -0.39 is 0 Å². The second-order valence-corrected chi connectivity index (χ2v) is 5.35. The maximum Gasteiger partial charge on any atom is 0.0793 e. The Balaban J connectivity index is 2.14. The van der Waals surface area contributed by atoms with Crippen LogP contribution in [0.3, 0.4) is 0 Å². The number of aliphatic hydroxyl groups is 1. The van der Waals surface area contributed by atoms with Crippen molar-refractivity contribution in [3.8, 4) is 0 Å². The lowest BCUT2D eigenvalue weighted by molar-refractivity contribution is 0.157. The van der Waals surface area contributed by atoms with Gasteiger partial charge >= 0.3 is 0 Å². The lowest BCUT2D eigenvalue weighted by Gasteiger charge is -2.24. The molecule has 0 aliphatic heterocycles. The predicted molar refractivity (Wildman–Crippen MR) is 69.3 cm³/mol. The Labute approximate surface area is 101 Å². The zero-order valence-corrected chi connectivity index (χ0v) is 9.87. The maximum atomic E-state index is 10.2. The summed E-state index contributed by atoms with van der Waals surface area (Å²) in [6.07, 6.45) is 5.27. The fourth-order valence-electron chi connectivity index (χ4n) is 3.61. The lowest BCUT2D eigenvalue weighted by atomic mass is 9.84. The summed E-state index contributed by atoms with van der Waals surface area (Å²) >= 11 is 0. The van der Waals surface area contributed by atoms with Gasteiger partial charge in [-0.15, -0.1) is 0 Å². The third kappa shape index (κ3) is 1.23. The van der Waals surface area contributed by atoms with Gasteiger partial charge in [-0.1, -0.05) is 24.3 Å². The first-order valence-corrected chi connectivity index (χ1v) is 6.59. The molecule has 1 atom stereocenters. The SMILES string of the molecule is OC1CCCc2c1cc1c3c(cccc23)CC1. The van der Waals surface area contributed by atoms with Gasteiger partial charge in [-0.3, -0.25) is 0 Å². The normalized spacial score (nSPS) is 21.8. The van der Waals surface area contributed by atoms with Gasteiger partial charge in [-0.05, 0) is 65.1 Å². The first-order valence-electron chi connectivity index (χ1n) is 6.59. The third-order valence-corrected chi connectivity index (χ3v) is 4.40. The third-order valence-electron chi connectivity index (χ3n) is 4.40. The summed E-state index contributed by atoms with van der Waals surface area (Å²) in [5.74, 6) is 0. The summed E-state index contributed by atoms with van der Waals surface area (Å²) in [7, 11) is 0. The smallest absolute Gasteiger partial charge is 0.0793 e. The quantitative estimate of drug-likeness (QED) is 0.728. The highest BCUT2D eigenvalue weighted by atomic mass is 16.3. The average Bonchev–Trinajstić information content (AvgIpc) is 2.76. The van der Waals surface area contributed by atoms with E-state index in [4.69, 9.17) is 0 Å². The Hall–Kier alpha value is -1.34. The van der Waals surface area contributed by atoms with Gasteiger partial charge in [-0.2, -0.15) is 0 Å². The molecule has 0 aromatic heterocycles. The zero-order chi connectivity index (χ0) is 11.4. The minimum atomic E-state index is -0.233. The van der Waals surface area contributed by atoms with E-state index in [0.717, 1.165) is 25.7 Å². The summed E-state index contributed by atoms with van der Waals surface area (Å²) in [4.78, 5) is 0. The molecular weight excluding hydrogens is 208 g/mol. The van der Waals surface area contributed by atoms with Crippen LogP contribution in [0.15, 0.2) is 24.3 Å². The first-order chi connectivity index (χ1) is 8.34. The highest BCUT2D eigenvalue weighted by Crippen LogP contribution is 2.40. The van der Waals surface area contributed by atoms with Crippen molar-refractivity contribution < 1.29 is 5.11 Å². The van der Waals surface area contributed by atoms with E-state index in [1.54, 1.807) is 0 Å². The van der Waals surface area contributed by atoms with Crippen LogP contribution in [-0.2, 0) is 19.3 Å². The number of benzene rings is 2. The molecule has 2 aromatic rings. The Bertz CT molecular complexity index is 612. The molecule has 0 saturated heterocycles. The molecule has 0 saturated carbocycles. The van der Waals surface area contributed by atoms with Crippen molar-refractivity contribution in [2.45, 2.75) is 38.2 Å². The molecular formula is C16H16O. The second kappa shape index (κ2) is 3.33. The van der Waals surface area contributed by atoms with Crippen LogP contribution < -0.4 is 0 Å². The summed E-state index contributed by atoms with van der Waals surface area (Å²) in [5, 5.41) is 13.1. The Kier molecular flexibility index (Phi) is 1.89. The van der Waals surface area contributed by atoms with Crippen LogP contribution in [0, 0.1) is 0 Å². The predicted octanol–water partition coefficient (Wildman–Crippen LogP) is 3.31. The number of rotatable bonds is 0. The van der Waals surface area contributed by atoms with E-state index >= 15 is 0 Å². The van der Waals surface area contributed by atoms with E-state index in [1.807, 2.05) is 0 Å². The van der Waals surface area contributed by atoms with Crippen molar-refractivity contribution in [3.63, 3.8) is 0 Å². The number of aryl methyl sites for hydroxylation is 3. The van der Waals surface area contributed by atoms with Crippen LogP contribution in [0.5, 0.6) is 0 Å². The number of hydrogen-bond acceptors (Lipinski definition) is 1. The van der Waals surface area contributed by atoms with E-state index in [2.05, 4.69) is 24.3 Å². The van der Waals surface area contributed by atoms with Crippen LogP contribution in [0.4, 0.5) is 0 Å². The van der Waals surface area contributed by atoms with Crippen LogP contribution in [0.1, 0.15) is 41.2 Å². The standard InChI is InChI=1S/C16H16O/c17-15-6-2-4-12-13-5-1-3-10-7-8-11(16(10)13)9-14(12)15/h1,3,5,9,15,17H,2,4,6-8H2. The van der Waals surface area contributed by atoms with Gasteiger partial charge in [0.05, 0.1) is 6.10 Å². The molecule has 2 aromatic carbocycles. The maximum absolute atomic E-state index is 10.2. The zero-order valence-electron chi connectivity index (χ0n) is 9.87. The van der Waals surface area contributed by atoms with Crippen molar-refractivity contribution in [2.24, 2.45) is 0 Å². The van der Waals surface area contributed by atoms with E-state index in [-0.39, 0.29) is 6.10 Å². The molecule has 2 aliphatic carbocycles. The van der Waals surface area contributed by atoms with Crippen LogP contribution >= 0.6 is 0 Å². The molecule has 0 heterocycles. The second-order valence-electron chi connectivity index (χ2n) is 5.35. The molecule has 0 bridgehead atoms. The molecule has 0 amide bonds. The van der Waals surface area contributed by atoms with Gasteiger partial charge in [0.1, 0.15) is 0 Å². The summed E-state index contributed by atoms with van der Waals surface area (Å²) < 4.78 is 0.